The maximum atomic E-state index is 12.1. The zero-order valence-corrected chi connectivity index (χ0v) is 15.8. The van der Waals surface area contributed by atoms with Crippen LogP contribution in [-0.4, -0.2) is 38.7 Å². The number of rotatable bonds is 7. The zero-order valence-electron chi connectivity index (χ0n) is 15.8. The number of nitrogens with zero attached hydrogens (tertiary/aromatic N) is 4. The van der Waals surface area contributed by atoms with Crippen LogP contribution in [0.4, 0.5) is 0 Å². The highest BCUT2D eigenvalue weighted by atomic mass is 16.1. The molecule has 2 heterocycles. The summed E-state index contributed by atoms with van der Waals surface area (Å²) in [5.41, 5.74) is 2.51. The van der Waals surface area contributed by atoms with E-state index in [1.54, 1.807) is 11.0 Å². The number of likely N-dealkylation sites (tertiary alicyclic amines) is 1. The van der Waals surface area contributed by atoms with E-state index in [9.17, 15) is 4.79 Å². The first kappa shape index (κ1) is 18.6. The molecule has 6 heteroatoms. The third kappa shape index (κ3) is 5.39. The topological polar surface area (TPSA) is 63.1 Å². The minimum absolute atomic E-state index is 0.0375. The van der Waals surface area contributed by atoms with Gasteiger partial charge in [-0.3, -0.25) is 14.4 Å². The van der Waals surface area contributed by atoms with Crippen molar-refractivity contribution in [3.05, 3.63) is 48.0 Å². The second-order valence-electron chi connectivity index (χ2n) is 7.59. The van der Waals surface area contributed by atoms with Crippen molar-refractivity contribution < 1.29 is 4.79 Å². The second kappa shape index (κ2) is 8.94. The lowest BCUT2D eigenvalue weighted by Gasteiger charge is -2.35. The fourth-order valence-electron chi connectivity index (χ4n) is 3.89. The molecule has 0 saturated carbocycles. The van der Waals surface area contributed by atoms with Crippen molar-refractivity contribution in [3.8, 4) is 0 Å². The normalized spacial score (nSPS) is 20.8. The van der Waals surface area contributed by atoms with Gasteiger partial charge in [0.05, 0.1) is 6.54 Å². The van der Waals surface area contributed by atoms with Crippen molar-refractivity contribution in [2.45, 2.75) is 46.3 Å². The van der Waals surface area contributed by atoms with Crippen molar-refractivity contribution in [2.75, 3.05) is 13.1 Å². The Hall–Kier alpha value is -2.21. The van der Waals surface area contributed by atoms with Gasteiger partial charge in [0.25, 0.3) is 0 Å². The van der Waals surface area contributed by atoms with E-state index < -0.39 is 0 Å². The van der Waals surface area contributed by atoms with Crippen LogP contribution in [0.2, 0.25) is 0 Å². The lowest BCUT2D eigenvalue weighted by atomic mass is 9.91. The van der Waals surface area contributed by atoms with E-state index in [1.807, 2.05) is 6.07 Å². The number of aromatic nitrogens is 3. The van der Waals surface area contributed by atoms with Crippen LogP contribution >= 0.6 is 0 Å². The van der Waals surface area contributed by atoms with E-state index >= 15 is 0 Å². The van der Waals surface area contributed by atoms with Crippen LogP contribution in [0.1, 0.15) is 37.8 Å². The highest BCUT2D eigenvalue weighted by Crippen LogP contribution is 2.23. The van der Waals surface area contributed by atoms with Gasteiger partial charge in [0.2, 0.25) is 5.91 Å². The molecule has 0 radical (unpaired) electrons. The smallest absolute Gasteiger partial charge is 0.222 e. The molecule has 1 saturated heterocycles. The van der Waals surface area contributed by atoms with Crippen molar-refractivity contribution in [3.63, 3.8) is 0 Å². The molecule has 1 amide bonds. The minimum atomic E-state index is 0.0375. The summed E-state index contributed by atoms with van der Waals surface area (Å²) in [4.78, 5) is 18.5. The first-order chi connectivity index (χ1) is 12.6. The average molecular weight is 355 g/mol. The van der Waals surface area contributed by atoms with Gasteiger partial charge in [-0.15, -0.1) is 0 Å². The molecule has 1 aromatic heterocycles. The average Bonchev–Trinajstić information content (AvgIpc) is 3.12. The Kier molecular flexibility index (Phi) is 6.39. The lowest BCUT2D eigenvalue weighted by molar-refractivity contribution is -0.121. The van der Waals surface area contributed by atoms with Crippen LogP contribution in [0.25, 0.3) is 0 Å². The predicted octanol–water partition coefficient (Wildman–Crippen LogP) is 2.46. The summed E-state index contributed by atoms with van der Waals surface area (Å²) in [6.45, 7) is 9.07. The van der Waals surface area contributed by atoms with E-state index in [1.165, 1.54) is 23.9 Å². The van der Waals surface area contributed by atoms with Gasteiger partial charge in [-0.1, -0.05) is 38.1 Å². The van der Waals surface area contributed by atoms with Crippen molar-refractivity contribution in [1.82, 2.24) is 25.0 Å². The molecule has 3 rings (SSSR count). The molecule has 26 heavy (non-hydrogen) atoms. The Morgan fingerprint density at radius 1 is 1.19 bits per heavy atom. The fraction of sp³-hybridized carbons (Fsp3) is 0.550. The summed E-state index contributed by atoms with van der Waals surface area (Å²) in [5.74, 6) is 1.54. The largest absolute Gasteiger partial charge is 0.352 e. The third-order valence-corrected chi connectivity index (χ3v) is 4.97. The van der Waals surface area contributed by atoms with E-state index in [4.69, 9.17) is 0 Å². The number of amides is 1. The monoisotopic (exact) mass is 355 g/mol. The number of carbonyl (C=O) groups is 1. The Morgan fingerprint density at radius 3 is 2.62 bits per heavy atom. The zero-order chi connectivity index (χ0) is 18.4. The molecule has 6 nitrogen and oxygen atoms in total. The standard InChI is InChI=1S/C20H29N5O/c1-16-9-17(2)12-24(11-16)13-19-6-4-3-5-18(19)10-22-20(26)7-8-25-15-21-14-23-25/h3-6,14-17H,7-13H2,1-2H3,(H,22,26)/t16-,17+. The summed E-state index contributed by atoms with van der Waals surface area (Å²) in [6, 6.07) is 8.43. The van der Waals surface area contributed by atoms with Crippen LogP contribution < -0.4 is 5.32 Å². The first-order valence-corrected chi connectivity index (χ1v) is 9.48. The SMILES string of the molecule is C[C@@H]1C[C@H](C)CN(Cc2ccccc2CNC(=O)CCn2cncn2)C1. The van der Waals surface area contributed by atoms with Crippen molar-refractivity contribution >= 4 is 5.91 Å². The maximum Gasteiger partial charge on any atom is 0.222 e. The molecule has 0 bridgehead atoms. The summed E-state index contributed by atoms with van der Waals surface area (Å²) in [7, 11) is 0. The van der Waals surface area contributed by atoms with Crippen molar-refractivity contribution in [1.29, 1.82) is 0 Å². The summed E-state index contributed by atoms with van der Waals surface area (Å²) in [6.07, 6.45) is 4.84. The molecular formula is C20H29N5O. The quantitative estimate of drug-likeness (QED) is 0.829. The summed E-state index contributed by atoms with van der Waals surface area (Å²) in [5, 5.41) is 7.06. The molecule has 1 aliphatic rings. The van der Waals surface area contributed by atoms with E-state index in [2.05, 4.69) is 52.3 Å². The van der Waals surface area contributed by atoms with E-state index in [0.717, 1.165) is 31.5 Å². The molecule has 1 fully saturated rings. The minimum Gasteiger partial charge on any atom is -0.352 e. The highest BCUT2D eigenvalue weighted by Gasteiger charge is 2.22. The van der Waals surface area contributed by atoms with Gasteiger partial charge in [0, 0.05) is 32.6 Å². The Bertz CT molecular complexity index is 690. The molecule has 1 aliphatic heterocycles. The highest BCUT2D eigenvalue weighted by molar-refractivity contribution is 5.75. The maximum absolute atomic E-state index is 12.1. The first-order valence-electron chi connectivity index (χ1n) is 9.48. The number of nitrogens with one attached hydrogen (secondary N) is 1. The molecule has 140 valence electrons. The van der Waals surface area contributed by atoms with E-state index in [-0.39, 0.29) is 5.91 Å². The van der Waals surface area contributed by atoms with Gasteiger partial charge in [-0.25, -0.2) is 4.98 Å². The fourth-order valence-corrected chi connectivity index (χ4v) is 3.89. The van der Waals surface area contributed by atoms with Crippen LogP contribution in [0, 0.1) is 11.8 Å². The summed E-state index contributed by atoms with van der Waals surface area (Å²) >= 11 is 0. The Morgan fingerprint density at radius 2 is 1.92 bits per heavy atom. The lowest BCUT2D eigenvalue weighted by Crippen LogP contribution is -2.38. The van der Waals surface area contributed by atoms with Gasteiger partial charge >= 0.3 is 0 Å². The number of carbonyl (C=O) groups excluding carboxylic acids is 1. The molecular weight excluding hydrogens is 326 g/mol. The van der Waals surface area contributed by atoms with Crippen LogP contribution in [0.5, 0.6) is 0 Å². The number of benzene rings is 1. The molecule has 1 N–H and O–H groups in total. The van der Waals surface area contributed by atoms with Gasteiger partial charge < -0.3 is 5.32 Å². The molecule has 1 aromatic carbocycles. The number of piperidine rings is 1. The summed E-state index contributed by atoms with van der Waals surface area (Å²) < 4.78 is 1.67. The molecule has 0 spiro atoms. The van der Waals surface area contributed by atoms with Crippen LogP contribution in [0.15, 0.2) is 36.9 Å². The van der Waals surface area contributed by atoms with Gasteiger partial charge in [0.1, 0.15) is 12.7 Å². The van der Waals surface area contributed by atoms with E-state index in [0.29, 0.717) is 19.5 Å². The van der Waals surface area contributed by atoms with Crippen LogP contribution in [-0.2, 0) is 24.4 Å². The second-order valence-corrected chi connectivity index (χ2v) is 7.59. The molecule has 0 aliphatic carbocycles. The van der Waals surface area contributed by atoms with Crippen LogP contribution in [0.3, 0.4) is 0 Å². The number of hydrogen-bond donors (Lipinski definition) is 1. The molecule has 2 atom stereocenters. The number of aryl methyl sites for hydroxylation is 1. The van der Waals surface area contributed by atoms with Crippen molar-refractivity contribution in [2.24, 2.45) is 11.8 Å². The molecule has 2 aromatic rings. The molecule has 0 unspecified atom stereocenters. The Labute approximate surface area is 155 Å². The van der Waals surface area contributed by atoms with Gasteiger partial charge in [-0.05, 0) is 29.4 Å². The predicted molar refractivity (Wildman–Crippen MR) is 101 cm³/mol. The number of hydrogen-bond acceptors (Lipinski definition) is 4. The third-order valence-electron chi connectivity index (χ3n) is 4.97. The van der Waals surface area contributed by atoms with Gasteiger partial charge in [0.15, 0.2) is 0 Å². The Balaban J connectivity index is 1.52. The van der Waals surface area contributed by atoms with Gasteiger partial charge in [-0.2, -0.15) is 5.10 Å².